The number of rotatable bonds is 7. The summed E-state index contributed by atoms with van der Waals surface area (Å²) >= 11 is 0. The minimum atomic E-state index is -3.77. The third kappa shape index (κ3) is 5.66. The Morgan fingerprint density at radius 3 is 2.23 bits per heavy atom. The third-order valence-corrected chi connectivity index (χ3v) is 5.73. The Labute approximate surface area is 180 Å². The van der Waals surface area contributed by atoms with Gasteiger partial charge in [-0.25, -0.2) is 8.78 Å². The van der Waals surface area contributed by atoms with Crippen LogP contribution in [0.5, 0.6) is 5.75 Å². The standard InChI is InChI=1S/C25H25F4NO/c1-2-3-4-5-17-6-8-18(9-7-17)19-10-12-20(13-11-19)25(28,29)31-21-14-23(26)22(16-30)24(27)15-21/h4-5,10-15,17-18H,2-3,6-9H2,1H3. The number of nitriles is 1. The van der Waals surface area contributed by atoms with Gasteiger partial charge in [-0.2, -0.15) is 14.0 Å². The molecule has 2 nitrogen and oxygen atoms in total. The Morgan fingerprint density at radius 2 is 1.68 bits per heavy atom. The first-order valence-corrected chi connectivity index (χ1v) is 10.6. The molecule has 3 rings (SSSR count). The van der Waals surface area contributed by atoms with Gasteiger partial charge in [-0.3, -0.25) is 0 Å². The van der Waals surface area contributed by atoms with Gasteiger partial charge >= 0.3 is 6.11 Å². The summed E-state index contributed by atoms with van der Waals surface area (Å²) in [4.78, 5) is 0. The highest BCUT2D eigenvalue weighted by molar-refractivity contribution is 5.38. The Hall–Kier alpha value is -2.81. The SMILES string of the molecule is CCCC=CC1CCC(c2ccc(C(F)(F)Oc3cc(F)c(C#N)c(F)c3)cc2)CC1. The number of ether oxygens (including phenoxy) is 1. The van der Waals surface area contributed by atoms with Crippen molar-refractivity contribution in [2.45, 2.75) is 57.5 Å². The predicted octanol–water partition coefficient (Wildman–Crippen LogP) is 7.59. The van der Waals surface area contributed by atoms with Gasteiger partial charge in [0.15, 0.2) is 0 Å². The van der Waals surface area contributed by atoms with Crippen molar-refractivity contribution < 1.29 is 22.3 Å². The first kappa shape index (κ1) is 22.9. The lowest BCUT2D eigenvalue weighted by atomic mass is 9.78. The highest BCUT2D eigenvalue weighted by atomic mass is 19.3. The first-order valence-electron chi connectivity index (χ1n) is 10.6. The van der Waals surface area contributed by atoms with Crippen LogP contribution in [0.3, 0.4) is 0 Å². The molecule has 0 saturated heterocycles. The lowest BCUT2D eigenvalue weighted by molar-refractivity contribution is -0.185. The van der Waals surface area contributed by atoms with Crippen LogP contribution in [0.15, 0.2) is 48.6 Å². The van der Waals surface area contributed by atoms with Crippen molar-refractivity contribution in [3.05, 3.63) is 76.9 Å². The maximum Gasteiger partial charge on any atom is 0.426 e. The Morgan fingerprint density at radius 1 is 1.06 bits per heavy atom. The molecule has 31 heavy (non-hydrogen) atoms. The molecule has 0 aromatic heterocycles. The molecule has 2 aromatic rings. The first-order chi connectivity index (χ1) is 14.8. The molecule has 0 amide bonds. The van der Waals surface area contributed by atoms with Gasteiger partial charge in [-0.1, -0.05) is 37.6 Å². The highest BCUT2D eigenvalue weighted by Crippen LogP contribution is 2.38. The van der Waals surface area contributed by atoms with Gasteiger partial charge in [0.1, 0.15) is 29.0 Å². The van der Waals surface area contributed by atoms with Crippen LogP contribution in [-0.4, -0.2) is 0 Å². The van der Waals surface area contributed by atoms with Crippen LogP contribution in [0.1, 0.15) is 68.1 Å². The fourth-order valence-corrected chi connectivity index (χ4v) is 3.97. The Balaban J connectivity index is 1.65. The number of alkyl halides is 2. The molecule has 1 fully saturated rings. The lowest BCUT2D eigenvalue weighted by Gasteiger charge is -2.27. The van der Waals surface area contributed by atoms with Crippen LogP contribution in [0.4, 0.5) is 17.6 Å². The van der Waals surface area contributed by atoms with E-state index in [4.69, 9.17) is 5.26 Å². The van der Waals surface area contributed by atoms with Gasteiger partial charge in [-0.05, 0) is 61.6 Å². The van der Waals surface area contributed by atoms with Gasteiger partial charge in [-0.15, -0.1) is 0 Å². The molecule has 6 heteroatoms. The molecule has 0 spiro atoms. The zero-order valence-corrected chi connectivity index (χ0v) is 17.4. The zero-order valence-electron chi connectivity index (χ0n) is 17.4. The van der Waals surface area contributed by atoms with Gasteiger partial charge in [0.05, 0.1) is 5.56 Å². The molecule has 0 N–H and O–H groups in total. The van der Waals surface area contributed by atoms with E-state index in [1.807, 2.05) is 0 Å². The third-order valence-electron chi connectivity index (χ3n) is 5.73. The summed E-state index contributed by atoms with van der Waals surface area (Å²) in [5.41, 5.74) is -0.237. The van der Waals surface area contributed by atoms with E-state index >= 15 is 0 Å². The minimum absolute atomic E-state index is 0.334. The lowest BCUT2D eigenvalue weighted by Crippen LogP contribution is -2.22. The van der Waals surface area contributed by atoms with Crippen molar-refractivity contribution >= 4 is 0 Å². The van der Waals surface area contributed by atoms with E-state index in [-0.39, 0.29) is 0 Å². The van der Waals surface area contributed by atoms with E-state index in [0.29, 0.717) is 24.0 Å². The van der Waals surface area contributed by atoms with E-state index < -0.39 is 34.6 Å². The van der Waals surface area contributed by atoms with Crippen LogP contribution in [-0.2, 0) is 6.11 Å². The normalized spacial score (nSPS) is 19.4. The fourth-order valence-electron chi connectivity index (χ4n) is 3.97. The summed E-state index contributed by atoms with van der Waals surface area (Å²) < 4.78 is 60.9. The number of nitrogens with zero attached hydrogens (tertiary/aromatic N) is 1. The van der Waals surface area contributed by atoms with Crippen molar-refractivity contribution in [1.29, 1.82) is 5.26 Å². The van der Waals surface area contributed by atoms with Crippen molar-refractivity contribution in [2.24, 2.45) is 5.92 Å². The molecule has 0 radical (unpaired) electrons. The molecule has 0 bridgehead atoms. The summed E-state index contributed by atoms with van der Waals surface area (Å²) in [7, 11) is 0. The van der Waals surface area contributed by atoms with Crippen LogP contribution >= 0.6 is 0 Å². The second-order valence-electron chi connectivity index (χ2n) is 7.94. The average molecular weight is 431 g/mol. The van der Waals surface area contributed by atoms with E-state index in [1.54, 1.807) is 12.1 Å². The second-order valence-corrected chi connectivity index (χ2v) is 7.94. The molecule has 0 aliphatic heterocycles. The van der Waals surface area contributed by atoms with Crippen molar-refractivity contribution in [2.75, 3.05) is 0 Å². The summed E-state index contributed by atoms with van der Waals surface area (Å²) in [6.45, 7) is 2.15. The molecule has 0 unspecified atom stereocenters. The zero-order chi connectivity index (χ0) is 22.4. The maximum atomic E-state index is 14.5. The van der Waals surface area contributed by atoms with Crippen LogP contribution < -0.4 is 4.74 Å². The van der Waals surface area contributed by atoms with E-state index in [1.165, 1.54) is 18.2 Å². The van der Waals surface area contributed by atoms with Crippen molar-refractivity contribution in [3.63, 3.8) is 0 Å². The Kier molecular flexibility index (Phi) is 7.37. The quantitative estimate of drug-likeness (QED) is 0.334. The monoisotopic (exact) mass is 431 g/mol. The van der Waals surface area contributed by atoms with Gasteiger partial charge in [0.25, 0.3) is 0 Å². The predicted molar refractivity (Wildman–Crippen MR) is 111 cm³/mol. The van der Waals surface area contributed by atoms with E-state index in [9.17, 15) is 17.6 Å². The average Bonchev–Trinajstić information content (AvgIpc) is 2.74. The summed E-state index contributed by atoms with van der Waals surface area (Å²) in [5, 5.41) is 8.67. The molecule has 1 aliphatic rings. The molecule has 164 valence electrons. The van der Waals surface area contributed by atoms with Gasteiger partial charge < -0.3 is 4.74 Å². The van der Waals surface area contributed by atoms with Crippen LogP contribution in [0.25, 0.3) is 0 Å². The molecule has 1 aliphatic carbocycles. The van der Waals surface area contributed by atoms with E-state index in [0.717, 1.165) is 44.1 Å². The number of halogens is 4. The summed E-state index contributed by atoms with van der Waals surface area (Å²) in [6.07, 6.45) is 7.20. The molecule has 1 saturated carbocycles. The molecule has 0 atom stereocenters. The number of hydrogen-bond donors (Lipinski definition) is 0. The molecule has 2 aromatic carbocycles. The minimum Gasteiger partial charge on any atom is -0.429 e. The number of unbranched alkanes of at least 4 members (excludes halogenated alkanes) is 1. The van der Waals surface area contributed by atoms with Crippen molar-refractivity contribution in [3.8, 4) is 11.8 Å². The van der Waals surface area contributed by atoms with Gasteiger partial charge in [0, 0.05) is 12.1 Å². The number of hydrogen-bond acceptors (Lipinski definition) is 2. The summed E-state index contributed by atoms with van der Waals surface area (Å²) in [5.74, 6) is -2.25. The fraction of sp³-hybridized carbons (Fsp3) is 0.400. The highest BCUT2D eigenvalue weighted by Gasteiger charge is 2.35. The Bertz CT molecular complexity index is 931. The number of allylic oxidation sites excluding steroid dienone is 2. The molecular weight excluding hydrogens is 406 g/mol. The van der Waals surface area contributed by atoms with Crippen molar-refractivity contribution in [1.82, 2.24) is 0 Å². The largest absolute Gasteiger partial charge is 0.429 e. The van der Waals surface area contributed by atoms with E-state index in [2.05, 4.69) is 23.8 Å². The molecular formula is C25H25F4NO. The molecule has 0 heterocycles. The maximum absolute atomic E-state index is 14.5. The topological polar surface area (TPSA) is 33.0 Å². The van der Waals surface area contributed by atoms with Gasteiger partial charge in [0.2, 0.25) is 0 Å². The van der Waals surface area contributed by atoms with Crippen LogP contribution in [0, 0.1) is 28.9 Å². The summed E-state index contributed by atoms with van der Waals surface area (Å²) in [6, 6.07) is 8.43. The smallest absolute Gasteiger partial charge is 0.426 e. The number of benzene rings is 2. The van der Waals surface area contributed by atoms with Crippen LogP contribution in [0.2, 0.25) is 0 Å². The second kappa shape index (κ2) is 10.00.